The maximum Gasteiger partial charge on any atom is 0.178 e. The van der Waals surface area contributed by atoms with Crippen LogP contribution in [-0.2, 0) is 6.54 Å². The van der Waals surface area contributed by atoms with E-state index in [2.05, 4.69) is 33.4 Å². The van der Waals surface area contributed by atoms with Gasteiger partial charge in [0, 0.05) is 12.7 Å². The minimum absolute atomic E-state index is 0.336. The van der Waals surface area contributed by atoms with E-state index in [1.54, 1.807) is 0 Å². The fraction of sp³-hybridized carbons (Fsp3) is 0.571. The minimum Gasteiger partial charge on any atom is -0.329 e. The monoisotopic (exact) mass is 276 g/mol. The number of hydrogen-bond donors (Lipinski definition) is 1. The summed E-state index contributed by atoms with van der Waals surface area (Å²) >= 11 is 5.46. The largest absolute Gasteiger partial charge is 0.329 e. The molecule has 0 atom stereocenters. The number of hydrogen-bond acceptors (Lipinski definition) is 3. The molecule has 0 aliphatic carbocycles. The molecule has 0 aromatic carbocycles. The summed E-state index contributed by atoms with van der Waals surface area (Å²) in [6, 6.07) is 2.04. The molecule has 0 unspecified atom stereocenters. The summed E-state index contributed by atoms with van der Waals surface area (Å²) < 4.78 is 3.04. The van der Waals surface area contributed by atoms with E-state index < -0.39 is 0 Å². The van der Waals surface area contributed by atoms with Crippen molar-refractivity contribution in [1.82, 2.24) is 19.4 Å². The van der Waals surface area contributed by atoms with E-state index >= 15 is 0 Å². The Morgan fingerprint density at radius 3 is 2.89 bits per heavy atom. The number of pyridine rings is 1. The molecule has 1 aliphatic heterocycles. The van der Waals surface area contributed by atoms with Crippen LogP contribution >= 0.6 is 12.2 Å². The molecule has 1 N–H and O–H groups in total. The second-order valence-electron chi connectivity index (χ2n) is 6.02. The van der Waals surface area contributed by atoms with Crippen molar-refractivity contribution in [3.8, 4) is 0 Å². The molecule has 1 aliphatic rings. The van der Waals surface area contributed by atoms with Crippen molar-refractivity contribution >= 4 is 23.3 Å². The molecule has 2 aromatic rings. The highest BCUT2D eigenvalue weighted by molar-refractivity contribution is 7.71. The lowest BCUT2D eigenvalue weighted by Gasteiger charge is -2.38. The van der Waals surface area contributed by atoms with E-state index in [9.17, 15) is 0 Å². The third kappa shape index (κ3) is 2.44. The molecule has 4 nitrogen and oxygen atoms in total. The minimum atomic E-state index is 0.336. The van der Waals surface area contributed by atoms with Crippen LogP contribution in [0.5, 0.6) is 0 Å². The van der Waals surface area contributed by atoms with Crippen molar-refractivity contribution in [2.24, 2.45) is 5.41 Å². The highest BCUT2D eigenvalue weighted by atomic mass is 32.1. The Morgan fingerprint density at radius 2 is 2.16 bits per heavy atom. The first-order valence-electron chi connectivity index (χ1n) is 6.78. The normalized spacial score (nSPS) is 19.9. The molecular weight excluding hydrogens is 256 g/mol. The van der Waals surface area contributed by atoms with Crippen LogP contribution in [0.1, 0.15) is 19.8 Å². The first-order chi connectivity index (χ1) is 9.07. The Labute approximate surface area is 118 Å². The van der Waals surface area contributed by atoms with Crippen LogP contribution in [-0.4, -0.2) is 39.6 Å². The molecular formula is C14H20N4S. The number of imidazole rings is 1. The van der Waals surface area contributed by atoms with Gasteiger partial charge < -0.3 is 14.5 Å². The van der Waals surface area contributed by atoms with E-state index in [1.165, 1.54) is 31.4 Å². The van der Waals surface area contributed by atoms with Gasteiger partial charge in [-0.25, -0.2) is 0 Å². The zero-order valence-corrected chi connectivity index (χ0v) is 12.3. The quantitative estimate of drug-likeness (QED) is 0.857. The molecule has 102 valence electrons. The molecule has 0 amide bonds. The standard InChI is InChI=1S/C14H20N4S/c1-14(4-7-17(2)8-5-14)10-18-12-3-6-15-9-11(12)16-13(18)19/h3,6,9H,4-5,7-8,10H2,1-2H3,(H,16,19). The molecule has 5 heteroatoms. The van der Waals surface area contributed by atoms with Crippen molar-refractivity contribution in [2.45, 2.75) is 26.3 Å². The number of aromatic nitrogens is 3. The zero-order chi connectivity index (χ0) is 13.5. The fourth-order valence-corrected chi connectivity index (χ4v) is 3.14. The highest BCUT2D eigenvalue weighted by Gasteiger charge is 2.29. The molecule has 1 saturated heterocycles. The van der Waals surface area contributed by atoms with Crippen molar-refractivity contribution in [3.63, 3.8) is 0 Å². The van der Waals surface area contributed by atoms with Gasteiger partial charge in [0.25, 0.3) is 0 Å². The summed E-state index contributed by atoms with van der Waals surface area (Å²) in [4.78, 5) is 9.79. The summed E-state index contributed by atoms with van der Waals surface area (Å²) in [5, 5.41) is 0. The van der Waals surface area contributed by atoms with Gasteiger partial charge in [0.15, 0.2) is 4.77 Å². The maximum absolute atomic E-state index is 5.46. The van der Waals surface area contributed by atoms with Crippen LogP contribution in [0, 0.1) is 10.2 Å². The van der Waals surface area contributed by atoms with Crippen LogP contribution in [0.2, 0.25) is 0 Å². The first-order valence-corrected chi connectivity index (χ1v) is 7.19. The van der Waals surface area contributed by atoms with Crippen molar-refractivity contribution in [2.75, 3.05) is 20.1 Å². The van der Waals surface area contributed by atoms with Crippen LogP contribution < -0.4 is 0 Å². The third-order valence-electron chi connectivity index (χ3n) is 4.31. The topological polar surface area (TPSA) is 36.9 Å². The lowest BCUT2D eigenvalue weighted by atomic mass is 9.80. The lowest BCUT2D eigenvalue weighted by molar-refractivity contribution is 0.121. The molecule has 3 rings (SSSR count). The SMILES string of the molecule is CN1CCC(C)(Cn2c(=S)[nH]c3cnccc32)CC1. The number of piperidine rings is 1. The number of fused-ring (bicyclic) bond motifs is 1. The molecule has 0 saturated carbocycles. The number of nitrogens with one attached hydrogen (secondary N) is 1. The number of likely N-dealkylation sites (tertiary alicyclic amines) is 1. The number of rotatable bonds is 2. The molecule has 3 heterocycles. The van der Waals surface area contributed by atoms with Gasteiger partial charge in [-0.1, -0.05) is 6.92 Å². The molecule has 19 heavy (non-hydrogen) atoms. The molecule has 0 bridgehead atoms. The van der Waals surface area contributed by atoms with E-state index in [0.717, 1.165) is 16.8 Å². The summed E-state index contributed by atoms with van der Waals surface area (Å²) in [5.74, 6) is 0. The summed E-state index contributed by atoms with van der Waals surface area (Å²) in [6.07, 6.45) is 6.13. The van der Waals surface area contributed by atoms with E-state index in [4.69, 9.17) is 12.2 Å². The van der Waals surface area contributed by atoms with Gasteiger partial charge in [-0.15, -0.1) is 0 Å². The van der Waals surface area contributed by atoms with Gasteiger partial charge in [0.05, 0.1) is 17.2 Å². The Kier molecular flexibility index (Phi) is 3.19. The lowest BCUT2D eigenvalue weighted by Crippen LogP contribution is -2.38. The Bertz CT molecular complexity index is 634. The van der Waals surface area contributed by atoms with Gasteiger partial charge in [0.1, 0.15) is 0 Å². The Hall–Kier alpha value is -1.20. The second kappa shape index (κ2) is 4.72. The van der Waals surface area contributed by atoms with Gasteiger partial charge in [-0.2, -0.15) is 0 Å². The van der Waals surface area contributed by atoms with E-state index in [-0.39, 0.29) is 0 Å². The molecule has 0 spiro atoms. The molecule has 0 radical (unpaired) electrons. The van der Waals surface area contributed by atoms with Gasteiger partial charge >= 0.3 is 0 Å². The number of H-pyrrole nitrogens is 1. The maximum atomic E-state index is 5.46. The van der Waals surface area contributed by atoms with Gasteiger partial charge in [-0.05, 0) is 56.7 Å². The van der Waals surface area contributed by atoms with Crippen LogP contribution in [0.15, 0.2) is 18.5 Å². The predicted octanol–water partition coefficient (Wildman–Crippen LogP) is 2.83. The summed E-state index contributed by atoms with van der Waals surface area (Å²) in [6.45, 7) is 5.72. The van der Waals surface area contributed by atoms with Crippen molar-refractivity contribution in [3.05, 3.63) is 23.2 Å². The first kappa shape index (κ1) is 12.8. The van der Waals surface area contributed by atoms with E-state index in [1.807, 2.05) is 18.5 Å². The average Bonchev–Trinajstić information content (AvgIpc) is 2.70. The van der Waals surface area contributed by atoms with Crippen molar-refractivity contribution in [1.29, 1.82) is 0 Å². The fourth-order valence-electron chi connectivity index (χ4n) is 2.87. The second-order valence-corrected chi connectivity index (χ2v) is 6.41. The molecule has 1 fully saturated rings. The van der Waals surface area contributed by atoms with E-state index in [0.29, 0.717) is 5.41 Å². The number of aromatic amines is 1. The van der Waals surface area contributed by atoms with Crippen molar-refractivity contribution < 1.29 is 0 Å². The Balaban J connectivity index is 1.93. The van der Waals surface area contributed by atoms with Gasteiger partial charge in [0.2, 0.25) is 0 Å². The van der Waals surface area contributed by atoms with Gasteiger partial charge in [-0.3, -0.25) is 4.98 Å². The molecule has 2 aromatic heterocycles. The third-order valence-corrected chi connectivity index (χ3v) is 4.63. The number of nitrogens with zero attached hydrogens (tertiary/aromatic N) is 3. The summed E-state index contributed by atoms with van der Waals surface area (Å²) in [7, 11) is 2.20. The average molecular weight is 276 g/mol. The summed E-state index contributed by atoms with van der Waals surface area (Å²) in [5.41, 5.74) is 2.53. The van der Waals surface area contributed by atoms with Crippen LogP contribution in [0.3, 0.4) is 0 Å². The predicted molar refractivity (Wildman–Crippen MR) is 79.8 cm³/mol. The van der Waals surface area contributed by atoms with Crippen LogP contribution in [0.4, 0.5) is 0 Å². The zero-order valence-electron chi connectivity index (χ0n) is 11.5. The Morgan fingerprint density at radius 1 is 1.42 bits per heavy atom. The highest BCUT2D eigenvalue weighted by Crippen LogP contribution is 2.33. The smallest absolute Gasteiger partial charge is 0.178 e. The van der Waals surface area contributed by atoms with Crippen LogP contribution in [0.25, 0.3) is 11.0 Å².